The molecule has 4 aliphatic rings. The summed E-state index contributed by atoms with van der Waals surface area (Å²) in [5.74, 6) is 6.76. The smallest absolute Gasteiger partial charge is 0.308 e. The minimum atomic E-state index is -0.323. The van der Waals surface area contributed by atoms with Gasteiger partial charge in [0.05, 0.1) is 6.10 Å². The van der Waals surface area contributed by atoms with E-state index in [1.54, 1.807) is 17.7 Å². The van der Waals surface area contributed by atoms with E-state index in [0.29, 0.717) is 28.3 Å². The van der Waals surface area contributed by atoms with Crippen LogP contribution in [0.4, 0.5) is 5.69 Å². The van der Waals surface area contributed by atoms with E-state index in [1.165, 1.54) is 64.7 Å². The summed E-state index contributed by atoms with van der Waals surface area (Å²) < 4.78 is 4.96. The molecule has 0 spiro atoms. The number of alkyl halides is 2. The van der Waals surface area contributed by atoms with Crippen LogP contribution in [0.25, 0.3) is 0 Å². The van der Waals surface area contributed by atoms with Crippen LogP contribution in [-0.4, -0.2) is 42.0 Å². The van der Waals surface area contributed by atoms with E-state index < -0.39 is 0 Å². The van der Waals surface area contributed by atoms with Crippen molar-refractivity contribution in [2.75, 3.05) is 29.7 Å². The van der Waals surface area contributed by atoms with Crippen molar-refractivity contribution < 1.29 is 14.6 Å². The molecular formula is C39H61Cl2NO3. The van der Waals surface area contributed by atoms with Crippen molar-refractivity contribution >= 4 is 34.9 Å². The zero-order chi connectivity index (χ0) is 32.8. The number of rotatable bonds is 11. The molecule has 1 N–H and O–H groups in total. The quantitative estimate of drug-likeness (QED) is 0.111. The van der Waals surface area contributed by atoms with Gasteiger partial charge in [0.15, 0.2) is 0 Å². The lowest BCUT2D eigenvalue weighted by Crippen LogP contribution is -2.50. The SMILES string of the molecule is CC(=O)Oc1ccc(N(CCCl)CCCl)cc1.CC(C)CCC[C@@H](C)[C@H]1CC[C@H]2[C@@H]3CC=C4C[C@@H](O)CC[C@]4(C)[C@H]3CC[C@]12C. The summed E-state index contributed by atoms with van der Waals surface area (Å²) in [7, 11) is 0. The average Bonchev–Trinajstić information content (AvgIpc) is 3.35. The molecule has 0 heterocycles. The van der Waals surface area contributed by atoms with E-state index in [-0.39, 0.29) is 12.1 Å². The predicted molar refractivity (Wildman–Crippen MR) is 190 cm³/mol. The second-order valence-electron chi connectivity index (χ2n) is 15.6. The molecule has 5 rings (SSSR count). The highest BCUT2D eigenvalue weighted by Crippen LogP contribution is 2.67. The summed E-state index contributed by atoms with van der Waals surface area (Å²) in [5.41, 5.74) is 3.62. The molecule has 0 bridgehead atoms. The predicted octanol–water partition coefficient (Wildman–Crippen LogP) is 10.3. The van der Waals surface area contributed by atoms with Crippen LogP contribution < -0.4 is 9.64 Å². The topological polar surface area (TPSA) is 49.8 Å². The number of benzene rings is 1. The Morgan fingerprint density at radius 1 is 0.978 bits per heavy atom. The van der Waals surface area contributed by atoms with Gasteiger partial charge in [-0.05, 0) is 122 Å². The first-order chi connectivity index (χ1) is 21.4. The van der Waals surface area contributed by atoms with Crippen LogP contribution >= 0.6 is 23.2 Å². The summed E-state index contributed by atoms with van der Waals surface area (Å²) in [4.78, 5) is 12.9. The first-order valence-corrected chi connectivity index (χ1v) is 19.0. The number of nitrogens with zero attached hydrogens (tertiary/aromatic N) is 1. The minimum absolute atomic E-state index is 0.0766. The van der Waals surface area contributed by atoms with Crippen molar-refractivity contribution in [3.05, 3.63) is 35.9 Å². The molecule has 4 nitrogen and oxygen atoms in total. The van der Waals surface area contributed by atoms with Crippen molar-refractivity contribution in [2.45, 2.75) is 118 Å². The number of allylic oxidation sites excluding steroid dienone is 1. The lowest BCUT2D eigenvalue weighted by atomic mass is 9.47. The minimum Gasteiger partial charge on any atom is -0.427 e. The van der Waals surface area contributed by atoms with Gasteiger partial charge in [0.1, 0.15) is 5.75 Å². The summed E-state index contributed by atoms with van der Waals surface area (Å²) in [6, 6.07) is 7.28. The van der Waals surface area contributed by atoms with Crippen molar-refractivity contribution in [1.29, 1.82) is 0 Å². The molecule has 1 aromatic rings. The Hall–Kier alpha value is -1.23. The first-order valence-electron chi connectivity index (χ1n) is 18.0. The third kappa shape index (κ3) is 8.63. The number of carbonyl (C=O) groups is 1. The number of hydrogen-bond donors (Lipinski definition) is 1. The maximum absolute atomic E-state index is 10.8. The molecule has 0 amide bonds. The molecule has 0 aromatic heterocycles. The van der Waals surface area contributed by atoms with Crippen molar-refractivity contribution in [3.63, 3.8) is 0 Å². The van der Waals surface area contributed by atoms with Crippen LogP contribution in [0.3, 0.4) is 0 Å². The fourth-order valence-electron chi connectivity index (χ4n) is 10.1. The van der Waals surface area contributed by atoms with E-state index in [0.717, 1.165) is 67.1 Å². The molecule has 4 aliphatic carbocycles. The molecule has 3 saturated carbocycles. The number of aliphatic hydroxyl groups is 1. The zero-order valence-electron chi connectivity index (χ0n) is 29.0. The highest BCUT2D eigenvalue weighted by atomic mass is 35.5. The number of halogens is 2. The molecule has 0 radical (unpaired) electrons. The standard InChI is InChI=1S/C27H46O.C12H15Cl2NO2/c1-18(2)7-6-8-19(3)23-11-12-24-22-10-9-20-17-21(28)13-15-26(20,4)25(22)14-16-27(23,24)5;1-10(16)17-12-4-2-11(3-5-12)15(8-6-13)9-7-14/h9,18-19,21-25,28H,6-8,10-17H2,1-5H3;2-5H,6-9H2,1H3/t19-,21+,22+,23-,24+,25+,26+,27-;/m1./s1. The monoisotopic (exact) mass is 661 g/mol. The number of hydrogen-bond acceptors (Lipinski definition) is 4. The molecule has 254 valence electrons. The average molecular weight is 663 g/mol. The van der Waals surface area contributed by atoms with E-state index >= 15 is 0 Å². The third-order valence-corrected chi connectivity index (χ3v) is 12.8. The Morgan fingerprint density at radius 3 is 2.29 bits per heavy atom. The number of aliphatic hydroxyl groups excluding tert-OH is 1. The van der Waals surface area contributed by atoms with Gasteiger partial charge >= 0.3 is 5.97 Å². The van der Waals surface area contributed by atoms with Gasteiger partial charge in [-0.1, -0.05) is 65.5 Å². The van der Waals surface area contributed by atoms with E-state index in [1.807, 2.05) is 12.1 Å². The molecule has 8 atom stereocenters. The fraction of sp³-hybridized carbons (Fsp3) is 0.769. The Morgan fingerprint density at radius 2 is 1.67 bits per heavy atom. The van der Waals surface area contributed by atoms with Crippen molar-refractivity contribution in [2.24, 2.45) is 46.3 Å². The second-order valence-corrected chi connectivity index (χ2v) is 16.4. The van der Waals surface area contributed by atoms with Crippen LogP contribution in [0.2, 0.25) is 0 Å². The van der Waals surface area contributed by atoms with E-state index in [2.05, 4.69) is 45.6 Å². The molecule has 6 heteroatoms. The van der Waals surface area contributed by atoms with Crippen LogP contribution in [0.1, 0.15) is 112 Å². The highest BCUT2D eigenvalue weighted by molar-refractivity contribution is 6.18. The highest BCUT2D eigenvalue weighted by Gasteiger charge is 2.59. The molecule has 45 heavy (non-hydrogen) atoms. The second kappa shape index (κ2) is 16.2. The lowest BCUT2D eigenvalue weighted by Gasteiger charge is -2.58. The van der Waals surface area contributed by atoms with Crippen LogP contribution in [0.5, 0.6) is 5.75 Å². The van der Waals surface area contributed by atoms with Crippen molar-refractivity contribution in [3.8, 4) is 5.75 Å². The molecule has 0 unspecified atom stereocenters. The summed E-state index contributed by atoms with van der Waals surface area (Å²) in [6.07, 6.45) is 17.2. The Balaban J connectivity index is 0.000000233. The molecular weight excluding hydrogens is 601 g/mol. The van der Waals surface area contributed by atoms with E-state index in [4.69, 9.17) is 27.9 Å². The number of ether oxygens (including phenoxy) is 1. The Kier molecular flexibility index (Phi) is 13.2. The van der Waals surface area contributed by atoms with Crippen LogP contribution in [0, 0.1) is 46.3 Å². The third-order valence-electron chi connectivity index (χ3n) is 12.5. The Labute approximate surface area is 284 Å². The van der Waals surface area contributed by atoms with Gasteiger partial charge in [0, 0.05) is 37.5 Å². The number of carbonyl (C=O) groups excluding carboxylic acids is 1. The number of fused-ring (bicyclic) bond motifs is 5. The number of esters is 1. The lowest BCUT2D eigenvalue weighted by molar-refractivity contribution is -0.131. The zero-order valence-corrected chi connectivity index (χ0v) is 30.5. The molecule has 0 aliphatic heterocycles. The van der Waals surface area contributed by atoms with Crippen LogP contribution in [0.15, 0.2) is 35.9 Å². The molecule has 3 fully saturated rings. The number of anilines is 1. The normalized spacial score (nSPS) is 32.8. The summed E-state index contributed by atoms with van der Waals surface area (Å²) in [6.45, 7) is 15.4. The maximum atomic E-state index is 10.8. The van der Waals surface area contributed by atoms with Crippen LogP contribution in [-0.2, 0) is 4.79 Å². The van der Waals surface area contributed by atoms with Crippen molar-refractivity contribution in [1.82, 2.24) is 0 Å². The summed E-state index contributed by atoms with van der Waals surface area (Å²) >= 11 is 11.5. The van der Waals surface area contributed by atoms with Gasteiger partial charge in [0.2, 0.25) is 0 Å². The van der Waals surface area contributed by atoms with E-state index in [9.17, 15) is 9.90 Å². The first kappa shape index (κ1) is 36.6. The van der Waals surface area contributed by atoms with Gasteiger partial charge in [-0.15, -0.1) is 23.2 Å². The summed E-state index contributed by atoms with van der Waals surface area (Å²) in [5, 5.41) is 10.2. The molecule has 1 aromatic carbocycles. The van der Waals surface area contributed by atoms with Gasteiger partial charge in [-0.3, -0.25) is 4.79 Å². The van der Waals surface area contributed by atoms with Gasteiger partial charge in [-0.25, -0.2) is 0 Å². The fourth-order valence-corrected chi connectivity index (χ4v) is 10.5. The Bertz CT molecular complexity index is 1120. The van der Waals surface area contributed by atoms with Gasteiger partial charge in [0.25, 0.3) is 0 Å². The van der Waals surface area contributed by atoms with Gasteiger partial charge in [-0.2, -0.15) is 0 Å². The molecule has 0 saturated heterocycles. The van der Waals surface area contributed by atoms with Gasteiger partial charge < -0.3 is 14.7 Å². The largest absolute Gasteiger partial charge is 0.427 e. The maximum Gasteiger partial charge on any atom is 0.308 e.